The highest BCUT2D eigenvalue weighted by Crippen LogP contribution is 2.15. The Kier molecular flexibility index (Phi) is 2.68. The second-order valence-electron chi connectivity index (χ2n) is 2.57. The molecule has 0 aliphatic heterocycles. The maximum absolute atomic E-state index is 8.58. The standard InChI is InChI=1S/C8H13NO2/c1-6-2-3-8(11-6)7(9)4-5-10/h2-3,7,10H,4-5,9H2,1H3. The molecule has 0 spiro atoms. The molecule has 3 nitrogen and oxygen atoms in total. The van der Waals surface area contributed by atoms with Crippen LogP contribution < -0.4 is 5.73 Å². The number of furan rings is 1. The second kappa shape index (κ2) is 3.55. The Labute approximate surface area is 65.8 Å². The van der Waals surface area contributed by atoms with Crippen LogP contribution in [0.25, 0.3) is 0 Å². The van der Waals surface area contributed by atoms with Crippen LogP contribution in [-0.2, 0) is 0 Å². The van der Waals surface area contributed by atoms with E-state index in [0.717, 1.165) is 11.5 Å². The molecule has 3 heteroatoms. The van der Waals surface area contributed by atoms with Crippen molar-refractivity contribution < 1.29 is 9.52 Å². The predicted octanol–water partition coefficient (Wildman–Crippen LogP) is 0.970. The maximum Gasteiger partial charge on any atom is 0.120 e. The number of hydrogen-bond acceptors (Lipinski definition) is 3. The number of nitrogens with two attached hydrogens (primary N) is 1. The van der Waals surface area contributed by atoms with Crippen molar-refractivity contribution in [3.63, 3.8) is 0 Å². The van der Waals surface area contributed by atoms with Gasteiger partial charge < -0.3 is 15.3 Å². The molecular formula is C8H13NO2. The van der Waals surface area contributed by atoms with Crippen molar-refractivity contribution in [3.8, 4) is 0 Å². The Balaban J connectivity index is 2.60. The largest absolute Gasteiger partial charge is 0.465 e. The first-order valence-corrected chi connectivity index (χ1v) is 3.67. The molecule has 1 aromatic heterocycles. The van der Waals surface area contributed by atoms with Gasteiger partial charge in [-0.05, 0) is 25.5 Å². The molecule has 0 aliphatic rings. The Morgan fingerprint density at radius 1 is 1.64 bits per heavy atom. The van der Waals surface area contributed by atoms with Gasteiger partial charge in [-0.25, -0.2) is 0 Å². The van der Waals surface area contributed by atoms with Crippen LogP contribution in [0.15, 0.2) is 16.5 Å². The van der Waals surface area contributed by atoms with Crippen LogP contribution in [0, 0.1) is 6.92 Å². The summed E-state index contributed by atoms with van der Waals surface area (Å²) >= 11 is 0. The zero-order valence-corrected chi connectivity index (χ0v) is 6.58. The molecule has 0 bridgehead atoms. The fraction of sp³-hybridized carbons (Fsp3) is 0.500. The van der Waals surface area contributed by atoms with Gasteiger partial charge in [0.25, 0.3) is 0 Å². The van der Waals surface area contributed by atoms with E-state index in [1.165, 1.54) is 0 Å². The van der Waals surface area contributed by atoms with Gasteiger partial charge >= 0.3 is 0 Å². The van der Waals surface area contributed by atoms with Crippen molar-refractivity contribution in [1.29, 1.82) is 0 Å². The monoisotopic (exact) mass is 155 g/mol. The first-order valence-electron chi connectivity index (χ1n) is 3.67. The van der Waals surface area contributed by atoms with Crippen LogP contribution in [0.4, 0.5) is 0 Å². The second-order valence-corrected chi connectivity index (χ2v) is 2.57. The summed E-state index contributed by atoms with van der Waals surface area (Å²) in [6.07, 6.45) is 0.549. The van der Waals surface area contributed by atoms with E-state index in [2.05, 4.69) is 0 Å². The lowest BCUT2D eigenvalue weighted by Gasteiger charge is -2.04. The quantitative estimate of drug-likeness (QED) is 0.683. The topological polar surface area (TPSA) is 59.4 Å². The molecule has 0 fully saturated rings. The minimum absolute atomic E-state index is 0.0981. The van der Waals surface area contributed by atoms with Crippen molar-refractivity contribution in [2.24, 2.45) is 5.73 Å². The lowest BCUT2D eigenvalue weighted by Crippen LogP contribution is -2.10. The third-order valence-corrected chi connectivity index (χ3v) is 1.57. The number of hydrogen-bond donors (Lipinski definition) is 2. The Morgan fingerprint density at radius 3 is 2.82 bits per heavy atom. The molecule has 1 atom stereocenters. The highest BCUT2D eigenvalue weighted by atomic mass is 16.3. The lowest BCUT2D eigenvalue weighted by atomic mass is 10.2. The van der Waals surface area contributed by atoms with Crippen LogP contribution in [0.1, 0.15) is 24.0 Å². The molecule has 1 rings (SSSR count). The van der Waals surface area contributed by atoms with Gasteiger partial charge in [0.05, 0.1) is 6.04 Å². The molecule has 1 aromatic rings. The first kappa shape index (κ1) is 8.30. The van der Waals surface area contributed by atoms with E-state index in [-0.39, 0.29) is 12.6 Å². The summed E-state index contributed by atoms with van der Waals surface area (Å²) in [6, 6.07) is 3.54. The summed E-state index contributed by atoms with van der Waals surface area (Å²) < 4.78 is 5.26. The average molecular weight is 155 g/mol. The number of aryl methyl sites for hydroxylation is 1. The predicted molar refractivity (Wildman–Crippen MR) is 42.1 cm³/mol. The fourth-order valence-electron chi connectivity index (χ4n) is 0.934. The van der Waals surface area contributed by atoms with Gasteiger partial charge in [0.1, 0.15) is 11.5 Å². The summed E-state index contributed by atoms with van der Waals surface area (Å²) in [4.78, 5) is 0. The van der Waals surface area contributed by atoms with Gasteiger partial charge in [0.15, 0.2) is 0 Å². The van der Waals surface area contributed by atoms with Crippen molar-refractivity contribution in [3.05, 3.63) is 23.7 Å². The molecule has 0 saturated heterocycles. The van der Waals surface area contributed by atoms with E-state index in [1.54, 1.807) is 0 Å². The molecule has 0 aliphatic carbocycles. The molecule has 0 amide bonds. The molecule has 11 heavy (non-hydrogen) atoms. The minimum Gasteiger partial charge on any atom is -0.465 e. The number of rotatable bonds is 3. The highest BCUT2D eigenvalue weighted by molar-refractivity contribution is 5.08. The van der Waals surface area contributed by atoms with E-state index < -0.39 is 0 Å². The van der Waals surface area contributed by atoms with Crippen molar-refractivity contribution in [2.75, 3.05) is 6.61 Å². The van der Waals surface area contributed by atoms with E-state index >= 15 is 0 Å². The maximum atomic E-state index is 8.58. The summed E-state index contributed by atoms with van der Waals surface area (Å²) in [6.45, 7) is 1.97. The minimum atomic E-state index is -0.173. The molecule has 1 unspecified atom stereocenters. The van der Waals surface area contributed by atoms with E-state index in [4.69, 9.17) is 15.3 Å². The van der Waals surface area contributed by atoms with Crippen molar-refractivity contribution in [1.82, 2.24) is 0 Å². The Morgan fingerprint density at radius 2 is 2.36 bits per heavy atom. The summed E-state index contributed by atoms with van der Waals surface area (Å²) in [5.41, 5.74) is 5.67. The SMILES string of the molecule is Cc1ccc(C(N)CCO)o1. The molecule has 62 valence electrons. The normalized spacial score (nSPS) is 13.4. The fourth-order valence-corrected chi connectivity index (χ4v) is 0.934. The Hall–Kier alpha value is -0.800. The van der Waals surface area contributed by atoms with Crippen LogP contribution >= 0.6 is 0 Å². The molecule has 3 N–H and O–H groups in total. The third-order valence-electron chi connectivity index (χ3n) is 1.57. The van der Waals surface area contributed by atoms with Gasteiger partial charge in [-0.1, -0.05) is 0 Å². The molecule has 0 radical (unpaired) electrons. The molecule has 1 heterocycles. The van der Waals surface area contributed by atoms with E-state index in [1.807, 2.05) is 19.1 Å². The van der Waals surface area contributed by atoms with E-state index in [0.29, 0.717) is 6.42 Å². The van der Waals surface area contributed by atoms with Crippen LogP contribution in [-0.4, -0.2) is 11.7 Å². The van der Waals surface area contributed by atoms with Crippen LogP contribution in [0.5, 0.6) is 0 Å². The third kappa shape index (κ3) is 2.06. The van der Waals surface area contributed by atoms with Gasteiger partial charge in [-0.2, -0.15) is 0 Å². The number of aliphatic hydroxyl groups excluding tert-OH is 1. The zero-order chi connectivity index (χ0) is 8.27. The molecule has 0 aromatic carbocycles. The van der Waals surface area contributed by atoms with Crippen molar-refractivity contribution in [2.45, 2.75) is 19.4 Å². The lowest BCUT2D eigenvalue weighted by molar-refractivity contribution is 0.268. The summed E-state index contributed by atoms with van der Waals surface area (Å²) in [7, 11) is 0. The highest BCUT2D eigenvalue weighted by Gasteiger charge is 2.08. The van der Waals surface area contributed by atoms with Crippen LogP contribution in [0.3, 0.4) is 0 Å². The first-order chi connectivity index (χ1) is 5.24. The molecule has 0 saturated carbocycles. The van der Waals surface area contributed by atoms with Gasteiger partial charge in [-0.3, -0.25) is 0 Å². The summed E-state index contributed by atoms with van der Waals surface area (Å²) in [5.74, 6) is 1.60. The van der Waals surface area contributed by atoms with Gasteiger partial charge in [0, 0.05) is 6.61 Å². The Bertz CT molecular complexity index is 220. The summed E-state index contributed by atoms with van der Waals surface area (Å²) in [5, 5.41) is 8.58. The molecular weight excluding hydrogens is 142 g/mol. The zero-order valence-electron chi connectivity index (χ0n) is 6.58. The smallest absolute Gasteiger partial charge is 0.120 e. The van der Waals surface area contributed by atoms with Gasteiger partial charge in [0.2, 0.25) is 0 Å². The number of aliphatic hydroxyl groups is 1. The average Bonchev–Trinajstić information content (AvgIpc) is 2.36. The van der Waals surface area contributed by atoms with Crippen molar-refractivity contribution >= 4 is 0 Å². The van der Waals surface area contributed by atoms with Gasteiger partial charge in [-0.15, -0.1) is 0 Å². The van der Waals surface area contributed by atoms with Crippen LogP contribution in [0.2, 0.25) is 0 Å². The van der Waals surface area contributed by atoms with E-state index in [9.17, 15) is 0 Å².